The molecule has 0 bridgehead atoms. The quantitative estimate of drug-likeness (QED) is 0.448. The molecule has 9 heavy (non-hydrogen) atoms. The molecule has 0 spiro atoms. The van der Waals surface area contributed by atoms with Crippen LogP contribution < -0.4 is 0 Å². The van der Waals surface area contributed by atoms with Crippen LogP contribution in [-0.2, 0) is 13.6 Å². The number of aliphatic hydroxyl groups excluding tert-OH is 1. The smallest absolute Gasteiger partial charge is 0.391 e. The molecule has 1 aliphatic heterocycles. The Balaban J connectivity index is 0. The first-order chi connectivity index (χ1) is 3.33. The van der Waals surface area contributed by atoms with Crippen molar-refractivity contribution in [3.05, 3.63) is 0 Å². The van der Waals surface area contributed by atoms with Crippen molar-refractivity contribution >= 4 is 111 Å². The molecule has 0 unspecified atom stereocenters. The Morgan fingerprint density at radius 3 is 2.00 bits per heavy atom. The minimum absolute atomic E-state index is 0. The van der Waals surface area contributed by atoms with E-state index in [4.69, 9.17) is 5.11 Å². The third-order valence-corrected chi connectivity index (χ3v) is 1.37. The van der Waals surface area contributed by atoms with E-state index < -0.39 is 14.5 Å². The molecule has 0 atom stereocenters. The summed E-state index contributed by atoms with van der Waals surface area (Å²) >= 11 is 0. The number of hydrogen-bond donors (Lipinski definition) is 1. The van der Waals surface area contributed by atoms with E-state index in [1.165, 1.54) is 0 Å². The normalized spacial score (nSPS) is 27.2. The molecule has 0 saturated carbocycles. The van der Waals surface area contributed by atoms with Crippen LogP contribution in [-0.4, -0.2) is 121 Å². The fraction of sp³-hybridized carbons (Fsp3) is 1.00. The Morgan fingerprint density at radius 1 is 1.44 bits per heavy atom. The fourth-order valence-electron chi connectivity index (χ4n) is 0.267. The first kappa shape index (κ1) is 14.8. The molecular weight excluding hydrogens is 197 g/mol. The maximum Gasteiger partial charge on any atom is 0.703 e. The van der Waals surface area contributed by atoms with Gasteiger partial charge in [0.15, 0.2) is 0 Å². The minimum atomic E-state index is -1.87. The van der Waals surface area contributed by atoms with E-state index >= 15 is 0 Å². The zero-order valence-electron chi connectivity index (χ0n) is 5.40. The van der Waals surface area contributed by atoms with Crippen LogP contribution in [0.15, 0.2) is 0 Å². The maximum atomic E-state index is 9.86. The number of rotatable bonds is 1. The van der Waals surface area contributed by atoms with Crippen LogP contribution in [0.2, 0.25) is 0 Å². The molecule has 1 aliphatic rings. The van der Waals surface area contributed by atoms with Gasteiger partial charge < -0.3 is 5.11 Å². The van der Waals surface area contributed by atoms with Gasteiger partial charge in [0.2, 0.25) is 0 Å². The van der Waals surface area contributed by atoms with Gasteiger partial charge in [-0.25, -0.2) is 0 Å². The summed E-state index contributed by atoms with van der Waals surface area (Å²) < 4.78 is 18.5. The van der Waals surface area contributed by atoms with Crippen molar-refractivity contribution in [3.8, 4) is 0 Å². The van der Waals surface area contributed by atoms with Crippen LogP contribution in [0, 0.1) is 0 Å². The maximum absolute atomic E-state index is 9.86. The first-order valence-electron chi connectivity index (χ1n) is 1.74. The van der Waals surface area contributed by atoms with Crippen molar-refractivity contribution in [2.24, 2.45) is 0 Å². The molecule has 42 valence electrons. The van der Waals surface area contributed by atoms with Gasteiger partial charge in [0.1, 0.15) is 6.61 Å². The van der Waals surface area contributed by atoms with Gasteiger partial charge in [0, 0.05) is 107 Å². The standard InChI is InChI=1S/C2H4O4P.2K/c3-1-2-5-7(4)6-2;;/h2-3H,1H2;;/q+1;;. The second-order valence-electron chi connectivity index (χ2n) is 1.05. The van der Waals surface area contributed by atoms with Gasteiger partial charge in [0.25, 0.3) is 6.29 Å². The molecular formula is C2H4K2O4P+. The third-order valence-electron chi connectivity index (χ3n) is 0.556. The van der Waals surface area contributed by atoms with Crippen molar-refractivity contribution in [3.63, 3.8) is 0 Å². The summed E-state index contributed by atoms with van der Waals surface area (Å²) in [6.45, 7) is -0.221. The molecule has 1 N–H and O–H groups in total. The van der Waals surface area contributed by atoms with Crippen molar-refractivity contribution in [1.29, 1.82) is 0 Å². The molecule has 1 rings (SSSR count). The summed E-state index contributed by atoms with van der Waals surface area (Å²) in [7, 11) is -1.87. The van der Waals surface area contributed by atoms with Crippen molar-refractivity contribution in [2.75, 3.05) is 6.61 Å². The average molecular weight is 201 g/mol. The monoisotopic (exact) mass is 201 g/mol. The summed E-state index contributed by atoms with van der Waals surface area (Å²) in [4.78, 5) is 0. The van der Waals surface area contributed by atoms with Gasteiger partial charge in [-0.15, -0.1) is 0 Å². The van der Waals surface area contributed by atoms with E-state index in [-0.39, 0.29) is 109 Å². The fourth-order valence-corrected chi connectivity index (χ4v) is 0.800. The van der Waals surface area contributed by atoms with E-state index in [2.05, 4.69) is 9.05 Å². The topological polar surface area (TPSA) is 55.8 Å². The molecule has 0 amide bonds. The number of hydrogen-bond acceptors (Lipinski definition) is 4. The summed E-state index contributed by atoms with van der Waals surface area (Å²) in [6.07, 6.45) is -0.636. The van der Waals surface area contributed by atoms with Gasteiger partial charge in [-0.05, 0) is 0 Å². The van der Waals surface area contributed by atoms with Crippen molar-refractivity contribution in [1.82, 2.24) is 0 Å². The van der Waals surface area contributed by atoms with Gasteiger partial charge >= 0.3 is 8.25 Å². The molecule has 4 nitrogen and oxygen atoms in total. The van der Waals surface area contributed by atoms with Crippen LogP contribution in [0.3, 0.4) is 0 Å². The van der Waals surface area contributed by atoms with Gasteiger partial charge in [-0.3, -0.25) is 0 Å². The molecule has 7 heteroatoms. The largest absolute Gasteiger partial charge is 0.703 e. The molecule has 0 aliphatic carbocycles. The van der Waals surface area contributed by atoms with Crippen molar-refractivity contribution < 1.29 is 18.7 Å². The average Bonchev–Trinajstić information content (AvgIpc) is 1.58. The zero-order valence-corrected chi connectivity index (χ0v) is 12.5. The SMILES string of the molecule is O=[P+]1OC(CO)O1.[K].[K]. The molecule has 0 aromatic heterocycles. The predicted molar refractivity (Wildman–Crippen MR) is 32.2 cm³/mol. The molecule has 1 saturated heterocycles. The van der Waals surface area contributed by atoms with E-state index in [9.17, 15) is 4.57 Å². The van der Waals surface area contributed by atoms with Crippen LogP contribution in [0.1, 0.15) is 0 Å². The van der Waals surface area contributed by atoms with E-state index in [0.717, 1.165) is 0 Å². The van der Waals surface area contributed by atoms with Gasteiger partial charge in [-0.2, -0.15) is 0 Å². The van der Waals surface area contributed by atoms with Gasteiger partial charge in [-0.1, -0.05) is 9.05 Å². The summed E-state index contributed by atoms with van der Waals surface area (Å²) in [5.41, 5.74) is 0. The molecule has 2 radical (unpaired) electrons. The Morgan fingerprint density at radius 2 is 1.89 bits per heavy atom. The van der Waals surface area contributed by atoms with Crippen LogP contribution >= 0.6 is 8.25 Å². The molecule has 1 fully saturated rings. The second-order valence-corrected chi connectivity index (χ2v) is 1.92. The Labute approximate surface area is 139 Å². The predicted octanol–water partition coefficient (Wildman–Crippen LogP) is -0.753. The zero-order chi connectivity index (χ0) is 5.28. The van der Waals surface area contributed by atoms with E-state index in [1.807, 2.05) is 0 Å². The molecule has 1 heterocycles. The summed E-state index contributed by atoms with van der Waals surface area (Å²) in [6, 6.07) is 0. The van der Waals surface area contributed by atoms with Crippen LogP contribution in [0.5, 0.6) is 0 Å². The Hall–Kier alpha value is 3.25. The summed E-state index contributed by atoms with van der Waals surface area (Å²) in [5.74, 6) is 0. The van der Waals surface area contributed by atoms with Gasteiger partial charge in [0.05, 0.1) is 0 Å². The second kappa shape index (κ2) is 7.88. The van der Waals surface area contributed by atoms with Crippen molar-refractivity contribution in [2.45, 2.75) is 6.29 Å². The molecule has 0 aromatic carbocycles. The van der Waals surface area contributed by atoms with E-state index in [0.29, 0.717) is 0 Å². The first-order valence-corrected chi connectivity index (χ1v) is 2.84. The Bertz CT molecular complexity index is 90.6. The third kappa shape index (κ3) is 5.49. The Kier molecular flexibility index (Phi) is 12.9. The van der Waals surface area contributed by atoms with Crippen LogP contribution in [0.4, 0.5) is 0 Å². The van der Waals surface area contributed by atoms with E-state index in [1.54, 1.807) is 0 Å². The number of aliphatic hydroxyl groups is 1. The molecule has 0 aromatic rings. The minimum Gasteiger partial charge on any atom is -0.391 e. The van der Waals surface area contributed by atoms with Crippen LogP contribution in [0.25, 0.3) is 0 Å². The summed E-state index contributed by atoms with van der Waals surface area (Å²) in [5, 5.41) is 8.13.